The van der Waals surface area contributed by atoms with E-state index in [2.05, 4.69) is 4.98 Å². The Morgan fingerprint density at radius 1 is 1.44 bits per heavy atom. The Kier molecular flexibility index (Phi) is 1.39. The van der Waals surface area contributed by atoms with Gasteiger partial charge in [0.05, 0.1) is 5.69 Å². The van der Waals surface area contributed by atoms with Gasteiger partial charge in [0.25, 0.3) is 0 Å². The van der Waals surface area contributed by atoms with E-state index in [9.17, 15) is 0 Å². The Bertz CT molecular complexity index is 218. The van der Waals surface area contributed by atoms with Crippen molar-refractivity contribution in [3.63, 3.8) is 0 Å². The third kappa shape index (κ3) is 1.19. The summed E-state index contributed by atoms with van der Waals surface area (Å²) in [5.74, 6) is 0. The highest BCUT2D eigenvalue weighted by atomic mass is 14.7. The number of hydrogen-bond donors (Lipinski definition) is 1. The highest BCUT2D eigenvalue weighted by Crippen LogP contribution is 2.05. The van der Waals surface area contributed by atoms with Crippen LogP contribution in [0.4, 0.5) is 5.69 Å². The van der Waals surface area contributed by atoms with E-state index in [0.29, 0.717) is 0 Å². The van der Waals surface area contributed by atoms with Crippen molar-refractivity contribution < 1.29 is 4.98 Å². The summed E-state index contributed by atoms with van der Waals surface area (Å²) < 4.78 is 0. The van der Waals surface area contributed by atoms with Crippen LogP contribution in [0.15, 0.2) is 12.3 Å². The molecule has 0 radical (unpaired) electrons. The molecule has 1 heterocycles. The minimum absolute atomic E-state index is 0.820. The summed E-state index contributed by atoms with van der Waals surface area (Å²) in [6.45, 7) is 4.00. The third-order valence-electron chi connectivity index (χ3n) is 1.34. The van der Waals surface area contributed by atoms with Crippen LogP contribution in [-0.4, -0.2) is 0 Å². The number of nitrogens with one attached hydrogen (secondary N) is 1. The second kappa shape index (κ2) is 2.05. The monoisotopic (exact) mass is 123 g/mol. The maximum Gasteiger partial charge on any atom is 0.190 e. The van der Waals surface area contributed by atoms with Crippen LogP contribution in [0.1, 0.15) is 11.3 Å². The van der Waals surface area contributed by atoms with Crippen molar-refractivity contribution in [3.05, 3.63) is 23.5 Å². The molecule has 9 heavy (non-hydrogen) atoms. The van der Waals surface area contributed by atoms with Gasteiger partial charge in [-0.15, -0.1) is 0 Å². The van der Waals surface area contributed by atoms with Crippen LogP contribution in [0.25, 0.3) is 0 Å². The van der Waals surface area contributed by atoms with Crippen molar-refractivity contribution in [1.29, 1.82) is 0 Å². The van der Waals surface area contributed by atoms with Crippen molar-refractivity contribution in [3.8, 4) is 0 Å². The standard InChI is InChI=1S/C7H10N2/c1-5-3-6(2)9-4-7(5)8/h3-4H,8H2,1-2H3/p+1. The zero-order valence-corrected chi connectivity index (χ0v) is 5.73. The molecule has 0 bridgehead atoms. The van der Waals surface area contributed by atoms with Gasteiger partial charge < -0.3 is 5.73 Å². The van der Waals surface area contributed by atoms with Crippen molar-refractivity contribution in [1.82, 2.24) is 0 Å². The Hall–Kier alpha value is -1.05. The van der Waals surface area contributed by atoms with Gasteiger partial charge in [0.15, 0.2) is 11.9 Å². The van der Waals surface area contributed by atoms with Crippen molar-refractivity contribution >= 4 is 5.69 Å². The summed E-state index contributed by atoms with van der Waals surface area (Å²) in [5, 5.41) is 0. The molecule has 2 nitrogen and oxygen atoms in total. The normalized spacial score (nSPS) is 9.56. The van der Waals surface area contributed by atoms with E-state index in [1.54, 1.807) is 0 Å². The Morgan fingerprint density at radius 3 is 2.56 bits per heavy atom. The van der Waals surface area contributed by atoms with Gasteiger partial charge >= 0.3 is 0 Å². The number of nitrogen functional groups attached to an aromatic ring is 1. The molecule has 0 amide bonds. The number of anilines is 1. The predicted molar refractivity (Wildman–Crippen MR) is 36.9 cm³/mol. The SMILES string of the molecule is Cc1cc(C)c(N)c[nH+]1. The van der Waals surface area contributed by atoms with E-state index < -0.39 is 0 Å². The summed E-state index contributed by atoms with van der Waals surface area (Å²) >= 11 is 0. The molecular weight excluding hydrogens is 112 g/mol. The first-order chi connectivity index (χ1) is 4.20. The molecule has 48 valence electrons. The van der Waals surface area contributed by atoms with E-state index >= 15 is 0 Å². The maximum atomic E-state index is 5.56. The smallest absolute Gasteiger partial charge is 0.190 e. The predicted octanol–water partition coefficient (Wildman–Crippen LogP) is 0.700. The molecule has 0 aliphatic heterocycles. The number of H-pyrrole nitrogens is 1. The van der Waals surface area contributed by atoms with E-state index in [0.717, 1.165) is 16.9 Å². The van der Waals surface area contributed by atoms with Crippen molar-refractivity contribution in [2.24, 2.45) is 0 Å². The molecule has 0 aromatic carbocycles. The Balaban J connectivity index is 3.17. The molecule has 0 saturated heterocycles. The topological polar surface area (TPSA) is 40.2 Å². The summed E-state index contributed by atoms with van der Waals surface area (Å²) in [6, 6.07) is 2.02. The highest BCUT2D eigenvalue weighted by Gasteiger charge is 1.96. The largest absolute Gasteiger partial charge is 0.394 e. The highest BCUT2D eigenvalue weighted by molar-refractivity contribution is 5.41. The summed E-state index contributed by atoms with van der Waals surface area (Å²) in [5.41, 5.74) is 8.65. The molecule has 0 saturated carbocycles. The number of aromatic nitrogens is 1. The van der Waals surface area contributed by atoms with Gasteiger partial charge in [0.1, 0.15) is 0 Å². The first-order valence-electron chi connectivity index (χ1n) is 2.94. The molecule has 1 aromatic rings. The lowest BCUT2D eigenvalue weighted by molar-refractivity contribution is -0.386. The van der Waals surface area contributed by atoms with Crippen LogP contribution in [0.5, 0.6) is 0 Å². The van der Waals surface area contributed by atoms with E-state index in [1.807, 2.05) is 26.1 Å². The lowest BCUT2D eigenvalue weighted by atomic mass is 10.2. The summed E-state index contributed by atoms with van der Waals surface area (Å²) in [7, 11) is 0. The Morgan fingerprint density at radius 2 is 2.11 bits per heavy atom. The van der Waals surface area contributed by atoms with Gasteiger partial charge in [0, 0.05) is 13.0 Å². The zero-order chi connectivity index (χ0) is 6.85. The Labute approximate surface area is 54.7 Å². The fourth-order valence-electron chi connectivity index (χ4n) is 0.755. The fourth-order valence-corrected chi connectivity index (χ4v) is 0.755. The average molecular weight is 123 g/mol. The van der Waals surface area contributed by atoms with Gasteiger partial charge in [-0.05, 0) is 12.5 Å². The molecule has 0 atom stereocenters. The van der Waals surface area contributed by atoms with Crippen molar-refractivity contribution in [2.75, 3.05) is 5.73 Å². The molecule has 0 aliphatic rings. The third-order valence-corrected chi connectivity index (χ3v) is 1.34. The molecule has 0 aliphatic carbocycles. The van der Waals surface area contributed by atoms with Gasteiger partial charge in [-0.3, -0.25) is 0 Å². The van der Waals surface area contributed by atoms with Gasteiger partial charge in [0.2, 0.25) is 0 Å². The lowest BCUT2D eigenvalue weighted by Gasteiger charge is -1.92. The number of rotatable bonds is 0. The van der Waals surface area contributed by atoms with Gasteiger partial charge in [-0.1, -0.05) is 0 Å². The summed E-state index contributed by atoms with van der Waals surface area (Å²) in [4.78, 5) is 3.02. The number of hydrogen-bond acceptors (Lipinski definition) is 1. The van der Waals surface area contributed by atoms with E-state index in [1.165, 1.54) is 0 Å². The number of nitrogens with two attached hydrogens (primary N) is 1. The van der Waals surface area contributed by atoms with Crippen molar-refractivity contribution in [2.45, 2.75) is 13.8 Å². The van der Waals surface area contributed by atoms with Crippen LogP contribution in [0.3, 0.4) is 0 Å². The lowest BCUT2D eigenvalue weighted by Crippen LogP contribution is -2.08. The zero-order valence-electron chi connectivity index (χ0n) is 5.73. The molecule has 0 unspecified atom stereocenters. The van der Waals surface area contributed by atoms with E-state index in [4.69, 9.17) is 5.73 Å². The van der Waals surface area contributed by atoms with Gasteiger partial charge in [-0.2, -0.15) is 0 Å². The fraction of sp³-hybridized carbons (Fsp3) is 0.286. The second-order valence-corrected chi connectivity index (χ2v) is 2.25. The number of aromatic amines is 1. The maximum absolute atomic E-state index is 5.56. The molecule has 1 aromatic heterocycles. The minimum atomic E-state index is 0.820. The number of pyridine rings is 1. The first-order valence-corrected chi connectivity index (χ1v) is 2.94. The molecule has 2 heteroatoms. The minimum Gasteiger partial charge on any atom is -0.394 e. The second-order valence-electron chi connectivity index (χ2n) is 2.25. The first kappa shape index (κ1) is 6.08. The molecule has 0 spiro atoms. The quantitative estimate of drug-likeness (QED) is 0.542. The van der Waals surface area contributed by atoms with Crippen LogP contribution in [0.2, 0.25) is 0 Å². The molecular formula is C7H11N2+. The molecule has 3 N–H and O–H groups in total. The van der Waals surface area contributed by atoms with Crippen LogP contribution in [0, 0.1) is 13.8 Å². The molecule has 0 fully saturated rings. The van der Waals surface area contributed by atoms with Gasteiger partial charge in [-0.25, -0.2) is 4.98 Å². The van der Waals surface area contributed by atoms with Crippen LogP contribution in [-0.2, 0) is 0 Å². The van der Waals surface area contributed by atoms with Crippen LogP contribution < -0.4 is 10.7 Å². The van der Waals surface area contributed by atoms with Crippen LogP contribution >= 0.6 is 0 Å². The molecule has 1 rings (SSSR count). The number of aryl methyl sites for hydroxylation is 2. The average Bonchev–Trinajstić information content (AvgIpc) is 1.80. The summed E-state index contributed by atoms with van der Waals surface area (Å²) in [6.07, 6.45) is 1.81. The van der Waals surface area contributed by atoms with E-state index in [-0.39, 0.29) is 0 Å².